The Balaban J connectivity index is 2.37. The van der Waals surface area contributed by atoms with Crippen LogP contribution in [0.15, 0.2) is 38.8 Å². The average Bonchev–Trinajstić information content (AvgIpc) is 3.07. The summed E-state index contributed by atoms with van der Waals surface area (Å²) in [5, 5.41) is 11.0. The Hall–Kier alpha value is -2.52. The minimum Gasteiger partial charge on any atom is -0.493 e. The molecular formula is C16H19N5O2S2. The van der Waals surface area contributed by atoms with Gasteiger partial charge in [-0.05, 0) is 24.4 Å². The van der Waals surface area contributed by atoms with Crippen LogP contribution in [0.25, 0.3) is 11.0 Å². The highest BCUT2D eigenvalue weighted by Gasteiger charge is 2.12. The zero-order valence-corrected chi connectivity index (χ0v) is 15.8. The third kappa shape index (κ3) is 4.97. The number of aliphatic imine (C=N–C) groups is 1. The molecule has 9 heteroatoms. The van der Waals surface area contributed by atoms with Crippen LogP contribution in [0, 0.1) is 0 Å². The van der Waals surface area contributed by atoms with Crippen LogP contribution in [0.2, 0.25) is 0 Å². The van der Waals surface area contributed by atoms with Crippen molar-refractivity contribution in [3.63, 3.8) is 0 Å². The summed E-state index contributed by atoms with van der Waals surface area (Å²) in [4.78, 5) is 5.07. The first-order chi connectivity index (χ1) is 12.1. The van der Waals surface area contributed by atoms with E-state index in [9.17, 15) is 0 Å². The van der Waals surface area contributed by atoms with Gasteiger partial charge < -0.3 is 19.8 Å². The fraction of sp³-hybridized carbons (Fsp3) is 0.250. The number of hydrogen-bond donors (Lipinski definition) is 3. The van der Waals surface area contributed by atoms with Crippen molar-refractivity contribution in [2.45, 2.75) is 0 Å². The molecule has 0 aliphatic rings. The second kappa shape index (κ2) is 9.09. The Morgan fingerprint density at radius 3 is 2.76 bits per heavy atom. The molecule has 0 bridgehead atoms. The number of benzene rings is 1. The van der Waals surface area contributed by atoms with Crippen LogP contribution < -0.4 is 20.8 Å². The lowest BCUT2D eigenvalue weighted by atomic mass is 10.2. The van der Waals surface area contributed by atoms with Crippen molar-refractivity contribution in [2.24, 2.45) is 10.1 Å². The van der Waals surface area contributed by atoms with E-state index in [1.165, 1.54) is 6.21 Å². The number of nitrogens with zero attached hydrogens (tertiary/aromatic N) is 2. The summed E-state index contributed by atoms with van der Waals surface area (Å²) in [5.41, 5.74) is 3.86. The van der Waals surface area contributed by atoms with Crippen molar-refractivity contribution in [1.29, 1.82) is 0 Å². The van der Waals surface area contributed by atoms with E-state index < -0.39 is 0 Å². The summed E-state index contributed by atoms with van der Waals surface area (Å²) >= 11 is 10.1. The van der Waals surface area contributed by atoms with Crippen molar-refractivity contribution >= 4 is 57.4 Å². The van der Waals surface area contributed by atoms with Crippen LogP contribution in [0.4, 0.5) is 0 Å². The molecular weight excluding hydrogens is 358 g/mol. The van der Waals surface area contributed by atoms with Gasteiger partial charge in [-0.1, -0.05) is 24.4 Å². The second-order valence-corrected chi connectivity index (χ2v) is 5.71. The molecule has 0 fully saturated rings. The molecule has 132 valence electrons. The molecule has 3 N–H and O–H groups in total. The highest BCUT2D eigenvalue weighted by Crippen LogP contribution is 2.28. The third-order valence-electron chi connectivity index (χ3n) is 3.23. The topological polar surface area (TPSA) is 83.2 Å². The van der Waals surface area contributed by atoms with E-state index in [0.717, 1.165) is 5.39 Å². The van der Waals surface area contributed by atoms with E-state index in [2.05, 4.69) is 26.2 Å². The number of thiocarbonyl (C=S) groups is 2. The summed E-state index contributed by atoms with van der Waals surface area (Å²) in [7, 11) is 5.06. The van der Waals surface area contributed by atoms with Gasteiger partial charge in [0.05, 0.1) is 24.9 Å². The SMILES string of the molecule is CNC(=S)C/N=C(/C=N\NC(=S)NC)c1cc2cccc(OC)c2o1. The second-order valence-electron chi connectivity index (χ2n) is 4.81. The van der Waals surface area contributed by atoms with Crippen molar-refractivity contribution < 1.29 is 9.15 Å². The van der Waals surface area contributed by atoms with Crippen LogP contribution >= 0.6 is 24.4 Å². The monoisotopic (exact) mass is 377 g/mol. The molecule has 0 spiro atoms. The number of furan rings is 1. The van der Waals surface area contributed by atoms with Crippen LogP contribution in [-0.2, 0) is 0 Å². The summed E-state index contributed by atoms with van der Waals surface area (Å²) in [6, 6.07) is 7.55. The van der Waals surface area contributed by atoms with E-state index >= 15 is 0 Å². The number of methoxy groups -OCH3 is 1. The predicted octanol–water partition coefficient (Wildman–Crippen LogP) is 1.86. The van der Waals surface area contributed by atoms with E-state index in [4.69, 9.17) is 33.6 Å². The van der Waals surface area contributed by atoms with Gasteiger partial charge in [-0.15, -0.1) is 0 Å². The maximum Gasteiger partial charge on any atom is 0.186 e. The molecule has 0 saturated carbocycles. The van der Waals surface area contributed by atoms with Crippen molar-refractivity contribution in [2.75, 3.05) is 27.7 Å². The standard InChI is InChI=1S/C16H19N5O2S2/c1-17-14(24)9-19-11(8-20-21-16(25)18-2)13-7-10-5-4-6-12(22-3)15(10)23-13/h4-8H,9H2,1-3H3,(H,17,24)(H2,18,21,25)/b19-11-,20-8-. The number of likely N-dealkylation sites (N-methyl/N-ethyl adjacent to an activating group) is 1. The lowest BCUT2D eigenvalue weighted by Gasteiger charge is -2.02. The van der Waals surface area contributed by atoms with Crippen molar-refractivity contribution in [3.8, 4) is 5.75 Å². The van der Waals surface area contributed by atoms with Gasteiger partial charge in [0, 0.05) is 19.5 Å². The highest BCUT2D eigenvalue weighted by molar-refractivity contribution is 7.80. The zero-order chi connectivity index (χ0) is 18.2. The Kier molecular flexibility index (Phi) is 6.84. The summed E-state index contributed by atoms with van der Waals surface area (Å²) < 4.78 is 11.2. The third-order valence-corrected chi connectivity index (χ3v) is 3.86. The number of hydrazone groups is 1. The molecule has 2 rings (SSSR count). The first-order valence-electron chi connectivity index (χ1n) is 7.41. The van der Waals surface area contributed by atoms with Crippen LogP contribution in [0.5, 0.6) is 5.75 Å². The molecule has 0 amide bonds. The maximum atomic E-state index is 5.92. The first kappa shape index (κ1) is 18.8. The molecule has 0 aliphatic carbocycles. The van der Waals surface area contributed by atoms with Crippen molar-refractivity contribution in [1.82, 2.24) is 16.1 Å². The Bertz CT molecular complexity index is 829. The minimum atomic E-state index is 0.317. The maximum absolute atomic E-state index is 5.92. The molecule has 7 nitrogen and oxygen atoms in total. The van der Waals surface area contributed by atoms with Gasteiger partial charge >= 0.3 is 0 Å². The number of para-hydroxylation sites is 1. The molecule has 1 heterocycles. The van der Waals surface area contributed by atoms with Gasteiger partial charge in [0.2, 0.25) is 0 Å². The fourth-order valence-electron chi connectivity index (χ4n) is 1.95. The van der Waals surface area contributed by atoms with Crippen LogP contribution in [0.1, 0.15) is 5.76 Å². The molecule has 0 atom stereocenters. The lowest BCUT2D eigenvalue weighted by molar-refractivity contribution is 0.410. The largest absolute Gasteiger partial charge is 0.493 e. The van der Waals surface area contributed by atoms with Crippen molar-refractivity contribution in [3.05, 3.63) is 30.0 Å². The highest BCUT2D eigenvalue weighted by atomic mass is 32.1. The minimum absolute atomic E-state index is 0.317. The van der Waals surface area contributed by atoms with Gasteiger partial charge in [-0.2, -0.15) is 5.10 Å². The summed E-state index contributed by atoms with van der Waals surface area (Å²) in [5.74, 6) is 1.21. The lowest BCUT2D eigenvalue weighted by Crippen LogP contribution is -2.28. The van der Waals surface area contributed by atoms with Gasteiger partial charge in [-0.25, -0.2) is 0 Å². The summed E-state index contributed by atoms with van der Waals surface area (Å²) in [6.45, 7) is 0.317. The number of hydrogen-bond acceptors (Lipinski definition) is 6. The Morgan fingerprint density at radius 2 is 2.08 bits per heavy atom. The average molecular weight is 377 g/mol. The molecule has 1 aromatic carbocycles. The Labute approximate surface area is 156 Å². The number of nitrogens with one attached hydrogen (secondary N) is 3. The van der Waals surface area contributed by atoms with Gasteiger partial charge in [-0.3, -0.25) is 10.4 Å². The van der Waals surface area contributed by atoms with Gasteiger partial charge in [0.25, 0.3) is 0 Å². The van der Waals surface area contributed by atoms with Crippen LogP contribution in [-0.4, -0.2) is 49.8 Å². The first-order valence-corrected chi connectivity index (χ1v) is 8.23. The molecule has 2 aromatic rings. The predicted molar refractivity (Wildman–Crippen MR) is 109 cm³/mol. The normalized spacial score (nSPS) is 11.6. The van der Waals surface area contributed by atoms with Gasteiger partial charge in [0.1, 0.15) is 5.71 Å². The smallest absolute Gasteiger partial charge is 0.186 e. The molecule has 0 saturated heterocycles. The summed E-state index contributed by atoms with van der Waals surface area (Å²) in [6.07, 6.45) is 1.53. The van der Waals surface area contributed by atoms with Gasteiger partial charge in [0.15, 0.2) is 22.2 Å². The Morgan fingerprint density at radius 1 is 1.28 bits per heavy atom. The molecule has 1 aromatic heterocycles. The molecule has 0 unspecified atom stereocenters. The fourth-order valence-corrected chi connectivity index (χ4v) is 2.07. The van der Waals surface area contributed by atoms with Crippen LogP contribution in [0.3, 0.4) is 0 Å². The molecule has 0 radical (unpaired) electrons. The van der Waals surface area contributed by atoms with E-state index in [-0.39, 0.29) is 0 Å². The quantitative estimate of drug-likeness (QED) is 0.403. The van der Waals surface area contributed by atoms with E-state index in [1.807, 2.05) is 24.3 Å². The van der Waals surface area contributed by atoms with E-state index in [1.54, 1.807) is 21.2 Å². The number of fused-ring (bicyclic) bond motifs is 1. The molecule has 25 heavy (non-hydrogen) atoms. The number of ether oxygens (including phenoxy) is 1. The zero-order valence-electron chi connectivity index (χ0n) is 14.1. The van der Waals surface area contributed by atoms with E-state index in [0.29, 0.717) is 39.5 Å². The molecule has 0 aliphatic heterocycles. The number of rotatable bonds is 6.